The first-order valence-electron chi connectivity index (χ1n) is 6.07. The highest BCUT2D eigenvalue weighted by Gasteiger charge is 2.38. The van der Waals surface area contributed by atoms with Crippen LogP contribution in [0.15, 0.2) is 12.1 Å². The molecular weight excluding hydrogens is 270 g/mol. The van der Waals surface area contributed by atoms with E-state index >= 15 is 0 Å². The number of Topliss-reactive ketones (excluding diaryl/α,β-unsaturated/α-hetero) is 1. The van der Waals surface area contributed by atoms with Gasteiger partial charge in [0.15, 0.2) is 0 Å². The zero-order valence-corrected chi connectivity index (χ0v) is 10.7. The van der Waals surface area contributed by atoms with Gasteiger partial charge in [-0.1, -0.05) is 0 Å². The Balaban J connectivity index is 2.27. The minimum Gasteiger partial charge on any atom is -0.356 e. The molecule has 1 N–H and O–H groups in total. The number of hydrogen-bond donors (Lipinski definition) is 1. The summed E-state index contributed by atoms with van der Waals surface area (Å²) in [6.45, 7) is 2.07. The van der Waals surface area contributed by atoms with Gasteiger partial charge in [0.25, 0.3) is 11.7 Å². The van der Waals surface area contributed by atoms with Gasteiger partial charge in [0.2, 0.25) is 5.91 Å². The molecule has 0 saturated heterocycles. The molecule has 2 rings (SSSR count). The molecule has 1 aliphatic heterocycles. The second-order valence-electron chi connectivity index (χ2n) is 4.27. The van der Waals surface area contributed by atoms with E-state index in [0.717, 1.165) is 11.0 Å². The number of rotatable bonds is 4. The molecule has 0 fully saturated rings. The molecule has 5 nitrogen and oxygen atoms in total. The number of fused-ring (bicyclic) bond motifs is 1. The van der Waals surface area contributed by atoms with Crippen molar-refractivity contribution >= 4 is 23.3 Å². The Kier molecular flexibility index (Phi) is 3.78. The van der Waals surface area contributed by atoms with Gasteiger partial charge in [-0.25, -0.2) is 8.78 Å². The van der Waals surface area contributed by atoms with Crippen molar-refractivity contribution in [3.05, 3.63) is 29.3 Å². The molecule has 2 amide bonds. The third-order valence-corrected chi connectivity index (χ3v) is 2.93. The van der Waals surface area contributed by atoms with Crippen molar-refractivity contribution in [3.8, 4) is 0 Å². The second kappa shape index (κ2) is 5.36. The zero-order valence-electron chi connectivity index (χ0n) is 10.7. The van der Waals surface area contributed by atoms with E-state index < -0.39 is 28.9 Å². The van der Waals surface area contributed by atoms with Gasteiger partial charge in [-0.05, 0) is 13.0 Å². The summed E-state index contributed by atoms with van der Waals surface area (Å²) in [5.41, 5.74) is -0.561. The van der Waals surface area contributed by atoms with Crippen LogP contribution in [0.3, 0.4) is 0 Å². The van der Waals surface area contributed by atoms with Crippen molar-refractivity contribution in [2.45, 2.75) is 13.3 Å². The van der Waals surface area contributed by atoms with Gasteiger partial charge in [-0.3, -0.25) is 14.4 Å². The lowest BCUT2D eigenvalue weighted by atomic mass is 10.1. The topological polar surface area (TPSA) is 66.5 Å². The minimum absolute atomic E-state index is 0.0512. The highest BCUT2D eigenvalue weighted by Crippen LogP contribution is 2.31. The lowest BCUT2D eigenvalue weighted by Crippen LogP contribution is -2.34. The van der Waals surface area contributed by atoms with E-state index in [1.54, 1.807) is 6.92 Å². The average molecular weight is 282 g/mol. The maximum atomic E-state index is 13.5. The van der Waals surface area contributed by atoms with Crippen molar-refractivity contribution in [3.63, 3.8) is 0 Å². The molecule has 0 radical (unpaired) electrons. The molecular formula is C13H12F2N2O3. The highest BCUT2D eigenvalue weighted by molar-refractivity contribution is 6.52. The molecule has 0 atom stereocenters. The number of amides is 2. The number of nitrogens with zero attached hydrogens (tertiary/aromatic N) is 1. The van der Waals surface area contributed by atoms with Gasteiger partial charge in [0, 0.05) is 25.6 Å². The molecule has 0 spiro atoms. The molecule has 1 aromatic rings. The second-order valence-corrected chi connectivity index (χ2v) is 4.27. The van der Waals surface area contributed by atoms with Crippen molar-refractivity contribution < 1.29 is 23.2 Å². The fourth-order valence-corrected chi connectivity index (χ4v) is 2.06. The summed E-state index contributed by atoms with van der Waals surface area (Å²) in [5.74, 6) is -4.23. The molecule has 1 aromatic carbocycles. The Morgan fingerprint density at radius 3 is 2.65 bits per heavy atom. The Bertz CT molecular complexity index is 602. The van der Waals surface area contributed by atoms with Gasteiger partial charge < -0.3 is 10.2 Å². The number of benzene rings is 1. The number of hydrogen-bond acceptors (Lipinski definition) is 3. The molecule has 0 unspecified atom stereocenters. The van der Waals surface area contributed by atoms with Crippen LogP contribution in [0, 0.1) is 11.6 Å². The number of anilines is 1. The van der Waals surface area contributed by atoms with Crippen molar-refractivity contribution in [2.24, 2.45) is 0 Å². The molecule has 106 valence electrons. The Labute approximate surface area is 113 Å². The third-order valence-electron chi connectivity index (χ3n) is 2.93. The normalized spacial score (nSPS) is 13.7. The van der Waals surface area contributed by atoms with Crippen LogP contribution in [0.4, 0.5) is 14.5 Å². The minimum atomic E-state index is -1.07. The average Bonchev–Trinajstić information content (AvgIpc) is 2.60. The van der Waals surface area contributed by atoms with E-state index in [2.05, 4.69) is 5.32 Å². The van der Waals surface area contributed by atoms with Gasteiger partial charge in [-0.2, -0.15) is 0 Å². The fourth-order valence-electron chi connectivity index (χ4n) is 2.06. The first-order chi connectivity index (χ1) is 9.45. The fraction of sp³-hybridized carbons (Fsp3) is 0.308. The third kappa shape index (κ3) is 2.38. The Morgan fingerprint density at radius 1 is 1.30 bits per heavy atom. The summed E-state index contributed by atoms with van der Waals surface area (Å²) >= 11 is 0. The van der Waals surface area contributed by atoms with Gasteiger partial charge >= 0.3 is 0 Å². The molecule has 0 saturated carbocycles. The standard InChI is InChI=1S/C13H12F2N2O3/c1-2-16-10(18)3-4-17-9-6-7(14)5-8(15)11(9)12(19)13(17)20/h5-6H,2-4H2,1H3,(H,16,18). The SMILES string of the molecule is CCNC(=O)CCN1C(=O)C(=O)c2c(F)cc(F)cc21. The molecule has 20 heavy (non-hydrogen) atoms. The molecule has 0 aromatic heterocycles. The maximum Gasteiger partial charge on any atom is 0.299 e. The Morgan fingerprint density at radius 2 is 2.00 bits per heavy atom. The largest absolute Gasteiger partial charge is 0.356 e. The van der Waals surface area contributed by atoms with Crippen LogP contribution in [0.2, 0.25) is 0 Å². The van der Waals surface area contributed by atoms with Crippen LogP contribution in [0.25, 0.3) is 0 Å². The lowest BCUT2D eigenvalue weighted by molar-refractivity contribution is -0.120. The van der Waals surface area contributed by atoms with Crippen molar-refractivity contribution in [2.75, 3.05) is 18.0 Å². The van der Waals surface area contributed by atoms with E-state index in [-0.39, 0.29) is 24.6 Å². The number of ketones is 1. The summed E-state index contributed by atoms with van der Waals surface area (Å²) < 4.78 is 26.8. The molecule has 0 bridgehead atoms. The summed E-state index contributed by atoms with van der Waals surface area (Å²) in [6.07, 6.45) is -0.0512. The molecule has 0 aliphatic carbocycles. The Hall–Kier alpha value is -2.31. The van der Waals surface area contributed by atoms with Crippen molar-refractivity contribution in [1.29, 1.82) is 0 Å². The monoisotopic (exact) mass is 282 g/mol. The van der Waals surface area contributed by atoms with Crippen LogP contribution in [-0.4, -0.2) is 30.7 Å². The van der Waals surface area contributed by atoms with Gasteiger partial charge in [-0.15, -0.1) is 0 Å². The number of carbonyl (C=O) groups excluding carboxylic acids is 3. The number of nitrogens with one attached hydrogen (secondary N) is 1. The van der Waals surface area contributed by atoms with Crippen LogP contribution in [-0.2, 0) is 9.59 Å². The van der Waals surface area contributed by atoms with Crippen LogP contribution in [0.1, 0.15) is 23.7 Å². The number of carbonyl (C=O) groups is 3. The van der Waals surface area contributed by atoms with Crippen LogP contribution < -0.4 is 10.2 Å². The zero-order chi connectivity index (χ0) is 14.9. The van der Waals surface area contributed by atoms with E-state index in [1.165, 1.54) is 0 Å². The number of halogens is 2. The van der Waals surface area contributed by atoms with Gasteiger partial charge in [0.1, 0.15) is 11.6 Å². The van der Waals surface area contributed by atoms with Crippen LogP contribution >= 0.6 is 0 Å². The summed E-state index contributed by atoms with van der Waals surface area (Å²) in [6, 6.07) is 1.47. The lowest BCUT2D eigenvalue weighted by Gasteiger charge is -2.16. The predicted molar refractivity (Wildman–Crippen MR) is 66.3 cm³/mol. The van der Waals surface area contributed by atoms with E-state index in [9.17, 15) is 23.2 Å². The quantitative estimate of drug-likeness (QED) is 0.838. The summed E-state index contributed by atoms with van der Waals surface area (Å²) in [7, 11) is 0. The summed E-state index contributed by atoms with van der Waals surface area (Å²) in [4.78, 5) is 35.7. The van der Waals surface area contributed by atoms with Crippen LogP contribution in [0.5, 0.6) is 0 Å². The van der Waals surface area contributed by atoms with E-state index in [4.69, 9.17) is 0 Å². The summed E-state index contributed by atoms with van der Waals surface area (Å²) in [5, 5.41) is 2.53. The molecule has 1 aliphatic rings. The predicted octanol–water partition coefficient (Wildman–Crippen LogP) is 1.02. The van der Waals surface area contributed by atoms with E-state index in [0.29, 0.717) is 12.6 Å². The van der Waals surface area contributed by atoms with Gasteiger partial charge in [0.05, 0.1) is 11.3 Å². The molecule has 1 heterocycles. The molecule has 7 heteroatoms. The smallest absolute Gasteiger partial charge is 0.299 e. The highest BCUT2D eigenvalue weighted by atomic mass is 19.1. The maximum absolute atomic E-state index is 13.5. The first kappa shape index (κ1) is 14.1. The van der Waals surface area contributed by atoms with Crippen molar-refractivity contribution in [1.82, 2.24) is 5.32 Å². The first-order valence-corrected chi connectivity index (χ1v) is 6.07. The van der Waals surface area contributed by atoms with E-state index in [1.807, 2.05) is 0 Å².